The minimum atomic E-state index is -4.83. The lowest BCUT2D eigenvalue weighted by atomic mass is 9.89. The van der Waals surface area contributed by atoms with Gasteiger partial charge < -0.3 is 15.4 Å². The molecule has 36 heavy (non-hydrogen) atoms. The van der Waals surface area contributed by atoms with Crippen molar-refractivity contribution in [2.45, 2.75) is 38.2 Å². The molecule has 0 spiro atoms. The third-order valence-electron chi connectivity index (χ3n) is 5.82. The normalized spacial score (nSPS) is 19.6. The number of carbonyl (C=O) groups is 5. The quantitative estimate of drug-likeness (QED) is 0.536. The van der Waals surface area contributed by atoms with Crippen LogP contribution < -0.4 is 20.7 Å². The van der Waals surface area contributed by atoms with Gasteiger partial charge in [-0.1, -0.05) is 6.07 Å². The highest BCUT2D eigenvalue weighted by molar-refractivity contribution is 6.24. The Morgan fingerprint density at radius 1 is 1.06 bits per heavy atom. The molecule has 2 aliphatic rings. The molecular formula is C23H19F3N4O6. The summed E-state index contributed by atoms with van der Waals surface area (Å²) in [5.74, 6) is -2.99. The molecular weight excluding hydrogens is 485 g/mol. The summed E-state index contributed by atoms with van der Waals surface area (Å²) in [6.45, 7) is 1.38. The molecule has 188 valence electrons. The van der Waals surface area contributed by atoms with E-state index >= 15 is 0 Å². The number of carbonyl (C=O) groups excluding carboxylic acids is 5. The van der Waals surface area contributed by atoms with Crippen LogP contribution in [-0.4, -0.2) is 46.5 Å². The van der Waals surface area contributed by atoms with Crippen molar-refractivity contribution in [3.63, 3.8) is 0 Å². The van der Waals surface area contributed by atoms with Gasteiger partial charge in [-0.2, -0.15) is 0 Å². The summed E-state index contributed by atoms with van der Waals surface area (Å²) in [5, 5.41) is 7.14. The molecule has 1 fully saturated rings. The van der Waals surface area contributed by atoms with Crippen LogP contribution >= 0.6 is 0 Å². The molecule has 6 amide bonds. The molecule has 2 aromatic carbocycles. The highest BCUT2D eigenvalue weighted by Gasteiger charge is 2.52. The second kappa shape index (κ2) is 8.98. The van der Waals surface area contributed by atoms with Crippen molar-refractivity contribution >= 4 is 35.3 Å². The zero-order valence-electron chi connectivity index (χ0n) is 18.7. The van der Waals surface area contributed by atoms with Crippen LogP contribution in [0.15, 0.2) is 42.5 Å². The van der Waals surface area contributed by atoms with Gasteiger partial charge in [-0.25, -0.2) is 4.79 Å². The van der Waals surface area contributed by atoms with Crippen LogP contribution in [0.25, 0.3) is 0 Å². The molecule has 1 atom stereocenters. The second-order valence-electron chi connectivity index (χ2n) is 8.36. The first-order valence-corrected chi connectivity index (χ1v) is 10.6. The Kier molecular flexibility index (Phi) is 6.16. The predicted octanol–water partition coefficient (Wildman–Crippen LogP) is 2.70. The van der Waals surface area contributed by atoms with Crippen LogP contribution in [0.3, 0.4) is 0 Å². The maximum Gasteiger partial charge on any atom is 0.573 e. The van der Waals surface area contributed by atoms with Crippen molar-refractivity contribution < 1.29 is 41.9 Å². The van der Waals surface area contributed by atoms with Gasteiger partial charge in [-0.3, -0.25) is 29.4 Å². The summed E-state index contributed by atoms with van der Waals surface area (Å²) >= 11 is 0. The van der Waals surface area contributed by atoms with Crippen LogP contribution in [0, 0.1) is 0 Å². The van der Waals surface area contributed by atoms with Crippen molar-refractivity contribution in [3.05, 3.63) is 59.2 Å². The fourth-order valence-corrected chi connectivity index (χ4v) is 3.95. The van der Waals surface area contributed by atoms with Gasteiger partial charge in [0.15, 0.2) is 0 Å². The average Bonchev–Trinajstić information content (AvgIpc) is 3.05. The second-order valence-corrected chi connectivity index (χ2v) is 8.36. The molecule has 1 unspecified atom stereocenters. The molecule has 3 N–H and O–H groups in total. The van der Waals surface area contributed by atoms with E-state index in [0.717, 1.165) is 17.0 Å². The van der Waals surface area contributed by atoms with Gasteiger partial charge in [-0.15, -0.1) is 13.2 Å². The van der Waals surface area contributed by atoms with Crippen LogP contribution in [0.2, 0.25) is 0 Å². The predicted molar refractivity (Wildman–Crippen MR) is 117 cm³/mol. The molecule has 13 heteroatoms. The lowest BCUT2D eigenvalue weighted by molar-refractivity contribution is -0.274. The van der Waals surface area contributed by atoms with E-state index in [1.54, 1.807) is 0 Å². The van der Waals surface area contributed by atoms with E-state index in [1.165, 1.54) is 37.3 Å². The van der Waals surface area contributed by atoms with Gasteiger partial charge in [0.25, 0.3) is 17.7 Å². The summed E-state index contributed by atoms with van der Waals surface area (Å²) in [5.41, 5.74) is -0.662. The monoisotopic (exact) mass is 504 g/mol. The number of halogens is 3. The minimum absolute atomic E-state index is 0.00102. The Bertz CT molecular complexity index is 1280. The van der Waals surface area contributed by atoms with Gasteiger partial charge in [0.1, 0.15) is 11.3 Å². The summed E-state index contributed by atoms with van der Waals surface area (Å²) in [6, 6.07) is 8.24. The number of hydrogen-bond acceptors (Lipinski definition) is 6. The zero-order chi connectivity index (χ0) is 26.3. The number of hydrogen-bond donors (Lipinski definition) is 3. The van der Waals surface area contributed by atoms with Crippen LogP contribution in [-0.2, 0) is 16.1 Å². The molecule has 2 aromatic rings. The number of imide groups is 2. The maximum absolute atomic E-state index is 13.0. The van der Waals surface area contributed by atoms with Crippen molar-refractivity contribution in [3.8, 4) is 5.75 Å². The number of nitrogens with zero attached hydrogens (tertiary/aromatic N) is 1. The van der Waals surface area contributed by atoms with Gasteiger partial charge >= 0.3 is 12.4 Å². The summed E-state index contributed by atoms with van der Waals surface area (Å²) in [6.07, 6.45) is -4.84. The Balaban J connectivity index is 1.40. The smallest absolute Gasteiger partial charge is 0.406 e. The molecule has 2 heterocycles. The Labute approximate surface area is 201 Å². The van der Waals surface area contributed by atoms with E-state index in [0.29, 0.717) is 5.56 Å². The number of ether oxygens (including phenoxy) is 1. The molecule has 4 rings (SSSR count). The van der Waals surface area contributed by atoms with Crippen LogP contribution in [0.1, 0.15) is 46.0 Å². The van der Waals surface area contributed by atoms with Crippen molar-refractivity contribution in [2.75, 3.05) is 5.32 Å². The van der Waals surface area contributed by atoms with Crippen molar-refractivity contribution in [1.82, 2.24) is 15.5 Å². The SMILES string of the molecule is CC1(N2C(=O)c3ccc(CNC(=O)Nc4ccc(OC(F)(F)F)cc4)cc3C2=O)CCC(=O)NC1=O. The van der Waals surface area contributed by atoms with Gasteiger partial charge in [0.2, 0.25) is 5.91 Å². The first-order chi connectivity index (χ1) is 16.9. The number of anilines is 1. The largest absolute Gasteiger partial charge is 0.573 e. The third-order valence-corrected chi connectivity index (χ3v) is 5.82. The number of rotatable bonds is 5. The molecule has 0 radical (unpaired) electrons. The molecule has 0 saturated carbocycles. The Morgan fingerprint density at radius 2 is 1.72 bits per heavy atom. The number of benzene rings is 2. The molecule has 0 aromatic heterocycles. The number of nitrogens with one attached hydrogen (secondary N) is 3. The van der Waals surface area contributed by atoms with Gasteiger partial charge in [0, 0.05) is 18.7 Å². The Morgan fingerprint density at radius 3 is 2.36 bits per heavy atom. The highest BCUT2D eigenvalue weighted by atomic mass is 19.4. The lowest BCUT2D eigenvalue weighted by Gasteiger charge is -2.38. The van der Waals surface area contributed by atoms with Gasteiger partial charge in [-0.05, 0) is 55.3 Å². The van der Waals surface area contributed by atoms with Crippen LogP contribution in [0.5, 0.6) is 5.75 Å². The topological polar surface area (TPSA) is 134 Å². The average molecular weight is 504 g/mol. The number of fused-ring (bicyclic) bond motifs is 1. The van der Waals surface area contributed by atoms with E-state index in [1.807, 2.05) is 0 Å². The highest BCUT2D eigenvalue weighted by Crippen LogP contribution is 2.34. The first-order valence-electron chi connectivity index (χ1n) is 10.6. The molecule has 10 nitrogen and oxygen atoms in total. The molecule has 2 aliphatic heterocycles. The number of urea groups is 1. The van der Waals surface area contributed by atoms with E-state index in [9.17, 15) is 37.1 Å². The van der Waals surface area contributed by atoms with Crippen molar-refractivity contribution in [1.29, 1.82) is 0 Å². The summed E-state index contributed by atoms with van der Waals surface area (Å²) in [7, 11) is 0. The summed E-state index contributed by atoms with van der Waals surface area (Å²) < 4.78 is 40.5. The fraction of sp³-hybridized carbons (Fsp3) is 0.261. The third kappa shape index (κ3) is 4.85. The minimum Gasteiger partial charge on any atom is -0.406 e. The van der Waals surface area contributed by atoms with Crippen molar-refractivity contribution in [2.24, 2.45) is 0 Å². The molecule has 1 saturated heterocycles. The molecule has 0 aliphatic carbocycles. The van der Waals surface area contributed by atoms with Gasteiger partial charge in [0.05, 0.1) is 11.1 Å². The number of amides is 6. The first kappa shape index (κ1) is 24.7. The van der Waals surface area contributed by atoms with Crippen LogP contribution in [0.4, 0.5) is 23.7 Å². The fourth-order valence-electron chi connectivity index (χ4n) is 3.95. The molecule has 0 bridgehead atoms. The summed E-state index contributed by atoms with van der Waals surface area (Å²) in [4.78, 5) is 62.9. The number of alkyl halides is 3. The number of piperidine rings is 1. The Hall–Kier alpha value is -4.42. The standard InChI is InChI=1S/C23H19F3N4O6/c1-22(9-8-17(31)29-20(22)34)30-18(32)15-7-2-12(10-16(15)19(30)33)11-27-21(35)28-13-3-5-14(6-4-13)36-23(24,25)26/h2-7,10H,8-9,11H2,1H3,(H2,27,28,35)(H,29,31,34). The van der Waals surface area contributed by atoms with E-state index in [2.05, 4.69) is 20.7 Å². The van der Waals surface area contributed by atoms with E-state index in [4.69, 9.17) is 0 Å². The zero-order valence-corrected chi connectivity index (χ0v) is 18.7. The maximum atomic E-state index is 13.0. The van der Waals surface area contributed by atoms with E-state index in [-0.39, 0.29) is 36.2 Å². The lowest BCUT2D eigenvalue weighted by Crippen LogP contribution is -2.62. The van der Waals surface area contributed by atoms with E-state index < -0.39 is 47.3 Å².